The van der Waals surface area contributed by atoms with Crippen molar-refractivity contribution in [2.75, 3.05) is 6.61 Å². The summed E-state index contributed by atoms with van der Waals surface area (Å²) in [6.07, 6.45) is 13.1. The lowest BCUT2D eigenvalue weighted by Gasteiger charge is -2.06. The highest BCUT2D eigenvalue weighted by Gasteiger charge is 2.06. The van der Waals surface area contributed by atoms with E-state index in [4.69, 9.17) is 9.72 Å². The van der Waals surface area contributed by atoms with Gasteiger partial charge < -0.3 is 9.30 Å². The molecular formula is C26H23N3O. The lowest BCUT2D eigenvalue weighted by molar-refractivity contribution is 0.148. The molecule has 2 aromatic carbocycles. The van der Waals surface area contributed by atoms with Crippen LogP contribution in [-0.2, 0) is 24.3 Å². The number of hydrogen-bond acceptors (Lipinski definition) is 3. The van der Waals surface area contributed by atoms with Gasteiger partial charge in [0.1, 0.15) is 0 Å². The van der Waals surface area contributed by atoms with Crippen LogP contribution in [0.3, 0.4) is 0 Å². The minimum atomic E-state index is 0.607. The molecule has 6 bridgehead atoms. The summed E-state index contributed by atoms with van der Waals surface area (Å²) in [5.74, 6) is 0.725. The predicted molar refractivity (Wildman–Crippen MR) is 121 cm³/mol. The van der Waals surface area contributed by atoms with E-state index >= 15 is 0 Å². The van der Waals surface area contributed by atoms with Crippen molar-refractivity contribution in [3.8, 4) is 11.3 Å². The van der Waals surface area contributed by atoms with Gasteiger partial charge in [-0.3, -0.25) is 0 Å². The molecule has 0 unspecified atom stereocenters. The average Bonchev–Trinajstić information content (AvgIpc) is 3.18. The number of allylic oxidation sites excluding steroid dienone is 2. The van der Waals surface area contributed by atoms with Crippen molar-refractivity contribution in [3.63, 3.8) is 0 Å². The van der Waals surface area contributed by atoms with Crippen LogP contribution in [0.1, 0.15) is 17.0 Å². The highest BCUT2D eigenvalue weighted by Crippen LogP contribution is 2.24. The Morgan fingerprint density at radius 1 is 0.900 bits per heavy atom. The summed E-state index contributed by atoms with van der Waals surface area (Å²) in [6.45, 7) is 2.03. The van der Waals surface area contributed by atoms with E-state index < -0.39 is 0 Å². The van der Waals surface area contributed by atoms with Crippen LogP contribution in [0.15, 0.2) is 85.2 Å². The maximum absolute atomic E-state index is 5.83. The number of hydrogen-bond donors (Lipinski definition) is 0. The molecule has 1 aliphatic heterocycles. The first-order valence-corrected chi connectivity index (χ1v) is 10.2. The highest BCUT2D eigenvalue weighted by atomic mass is 16.5. The second-order valence-corrected chi connectivity index (χ2v) is 7.45. The van der Waals surface area contributed by atoms with Crippen molar-refractivity contribution in [1.82, 2.24) is 14.5 Å². The zero-order valence-electron chi connectivity index (χ0n) is 16.7. The topological polar surface area (TPSA) is 39.9 Å². The maximum atomic E-state index is 5.83. The fourth-order valence-corrected chi connectivity index (χ4v) is 3.77. The SMILES string of the molecule is C1=CCn2ccc3ccc(cc32)-c2ccnc(n2)/C=C/Cc2cccc(c2)COC1. The molecule has 0 radical (unpaired) electrons. The van der Waals surface area contributed by atoms with Gasteiger partial charge in [0.15, 0.2) is 5.82 Å². The van der Waals surface area contributed by atoms with E-state index in [1.54, 1.807) is 0 Å². The number of aromatic nitrogens is 3. The van der Waals surface area contributed by atoms with Crippen LogP contribution in [0.4, 0.5) is 0 Å². The molecule has 2 aromatic heterocycles. The number of ether oxygens (including phenoxy) is 1. The van der Waals surface area contributed by atoms with Gasteiger partial charge in [0, 0.05) is 30.0 Å². The Kier molecular flexibility index (Phi) is 5.23. The Bertz CT molecular complexity index is 1240. The van der Waals surface area contributed by atoms with Gasteiger partial charge in [-0.25, -0.2) is 9.97 Å². The van der Waals surface area contributed by atoms with Crippen LogP contribution in [0, 0.1) is 0 Å². The van der Waals surface area contributed by atoms with E-state index in [1.807, 2.05) is 18.3 Å². The number of nitrogens with zero attached hydrogens (tertiary/aromatic N) is 3. The molecular weight excluding hydrogens is 370 g/mol. The number of benzene rings is 2. The zero-order valence-corrected chi connectivity index (χ0v) is 16.7. The largest absolute Gasteiger partial charge is 0.373 e. The Balaban J connectivity index is 1.53. The quantitative estimate of drug-likeness (QED) is 0.374. The molecule has 4 nitrogen and oxygen atoms in total. The summed E-state index contributed by atoms with van der Waals surface area (Å²) in [4.78, 5) is 9.18. The molecule has 0 N–H and O–H groups in total. The molecule has 148 valence electrons. The Hall–Kier alpha value is -3.50. The van der Waals surface area contributed by atoms with Crippen LogP contribution in [0.5, 0.6) is 0 Å². The molecule has 0 amide bonds. The van der Waals surface area contributed by atoms with Gasteiger partial charge in [0.2, 0.25) is 0 Å². The van der Waals surface area contributed by atoms with E-state index in [0.717, 1.165) is 30.0 Å². The molecule has 4 heteroatoms. The van der Waals surface area contributed by atoms with Crippen LogP contribution in [-0.4, -0.2) is 21.1 Å². The predicted octanol–water partition coefficient (Wildman–Crippen LogP) is 5.44. The van der Waals surface area contributed by atoms with E-state index in [1.165, 1.54) is 22.0 Å². The monoisotopic (exact) mass is 393 g/mol. The Labute approximate surface area is 176 Å². The lowest BCUT2D eigenvalue weighted by atomic mass is 10.1. The summed E-state index contributed by atoms with van der Waals surface area (Å²) >= 11 is 0. The molecule has 0 saturated heterocycles. The van der Waals surface area contributed by atoms with Crippen molar-refractivity contribution < 1.29 is 4.74 Å². The van der Waals surface area contributed by atoms with Gasteiger partial charge in [-0.2, -0.15) is 0 Å². The van der Waals surface area contributed by atoms with Crippen molar-refractivity contribution in [2.45, 2.75) is 19.6 Å². The third-order valence-electron chi connectivity index (χ3n) is 5.31. The first-order valence-electron chi connectivity index (χ1n) is 10.2. The minimum Gasteiger partial charge on any atom is -0.373 e. The molecule has 0 atom stereocenters. The first-order chi connectivity index (χ1) is 14.8. The standard InChI is InChI=1S/C26H23N3O/c1-2-16-30-19-21-7-3-5-20(17-21)6-4-8-26-27-13-11-24(28-26)23-10-9-22-12-15-29(14-1)25(22)18-23/h1-5,7-13,15,17-18H,6,14,16,19H2/b2-1?,8-4+. The van der Waals surface area contributed by atoms with E-state index in [0.29, 0.717) is 13.2 Å². The van der Waals surface area contributed by atoms with Crippen LogP contribution in [0.25, 0.3) is 28.2 Å². The Morgan fingerprint density at radius 3 is 2.87 bits per heavy atom. The van der Waals surface area contributed by atoms with E-state index in [9.17, 15) is 0 Å². The van der Waals surface area contributed by atoms with Gasteiger partial charge in [0.05, 0.1) is 18.9 Å². The van der Waals surface area contributed by atoms with Crippen molar-refractivity contribution in [3.05, 3.63) is 102 Å². The van der Waals surface area contributed by atoms with Crippen LogP contribution >= 0.6 is 0 Å². The molecule has 4 aromatic rings. The summed E-state index contributed by atoms with van der Waals surface area (Å²) < 4.78 is 8.08. The fraction of sp³-hybridized carbons (Fsp3) is 0.154. The highest BCUT2D eigenvalue weighted by molar-refractivity contribution is 5.85. The molecule has 1 aliphatic rings. The lowest BCUT2D eigenvalue weighted by Crippen LogP contribution is -1.96. The molecule has 30 heavy (non-hydrogen) atoms. The van der Waals surface area contributed by atoms with Gasteiger partial charge in [-0.05, 0) is 47.2 Å². The molecule has 3 heterocycles. The molecule has 0 fully saturated rings. The van der Waals surface area contributed by atoms with Gasteiger partial charge >= 0.3 is 0 Å². The average molecular weight is 393 g/mol. The van der Waals surface area contributed by atoms with Crippen LogP contribution in [0.2, 0.25) is 0 Å². The minimum absolute atomic E-state index is 0.607. The third-order valence-corrected chi connectivity index (χ3v) is 5.31. The molecule has 0 spiro atoms. The first kappa shape index (κ1) is 18.5. The third kappa shape index (κ3) is 4.09. The van der Waals surface area contributed by atoms with Crippen molar-refractivity contribution in [1.29, 1.82) is 0 Å². The number of rotatable bonds is 0. The van der Waals surface area contributed by atoms with Crippen molar-refractivity contribution in [2.24, 2.45) is 0 Å². The maximum Gasteiger partial charge on any atom is 0.152 e. The fourth-order valence-electron chi connectivity index (χ4n) is 3.77. The van der Waals surface area contributed by atoms with Gasteiger partial charge in [-0.15, -0.1) is 0 Å². The molecule has 0 saturated carbocycles. The summed E-state index contributed by atoms with van der Waals surface area (Å²) in [7, 11) is 0. The smallest absolute Gasteiger partial charge is 0.152 e. The molecule has 5 rings (SSSR count). The van der Waals surface area contributed by atoms with Crippen LogP contribution < -0.4 is 0 Å². The summed E-state index contributed by atoms with van der Waals surface area (Å²) in [6, 6.07) is 19.1. The van der Waals surface area contributed by atoms with Gasteiger partial charge in [0.25, 0.3) is 0 Å². The number of fused-ring (bicyclic) bond motifs is 6. The van der Waals surface area contributed by atoms with E-state index in [2.05, 4.69) is 82.5 Å². The van der Waals surface area contributed by atoms with Crippen molar-refractivity contribution >= 4 is 17.0 Å². The zero-order chi connectivity index (χ0) is 20.2. The second-order valence-electron chi connectivity index (χ2n) is 7.45. The molecule has 0 aliphatic carbocycles. The summed E-state index contributed by atoms with van der Waals surface area (Å²) in [5.41, 5.74) is 5.67. The normalized spacial score (nSPS) is 15.5. The van der Waals surface area contributed by atoms with Gasteiger partial charge in [-0.1, -0.05) is 54.6 Å². The van der Waals surface area contributed by atoms with E-state index in [-0.39, 0.29) is 0 Å². The summed E-state index contributed by atoms with van der Waals surface area (Å²) in [5, 5.41) is 1.22. The second kappa shape index (κ2) is 8.47. The Morgan fingerprint density at radius 2 is 1.87 bits per heavy atom.